The van der Waals surface area contributed by atoms with Crippen LogP contribution in [0.3, 0.4) is 0 Å². The summed E-state index contributed by atoms with van der Waals surface area (Å²) in [5, 5.41) is 0. The Morgan fingerprint density at radius 1 is 1.00 bits per heavy atom. The lowest BCUT2D eigenvalue weighted by atomic mass is 10.1. The van der Waals surface area contributed by atoms with E-state index >= 15 is 0 Å². The standard InChI is InChI=1S/C17H30O4/c1-6-7-8-9-10-14(4)20-16(18)11-12-17(19)21-15(5)13(2)3/h9-10,13-15H,6-8,11-12H2,1-5H3/b10-9+. The molecule has 2 unspecified atom stereocenters. The summed E-state index contributed by atoms with van der Waals surface area (Å²) < 4.78 is 10.4. The normalized spacial score (nSPS) is 14.2. The van der Waals surface area contributed by atoms with Crippen LogP contribution in [-0.2, 0) is 19.1 Å². The van der Waals surface area contributed by atoms with Gasteiger partial charge in [-0.05, 0) is 32.3 Å². The van der Waals surface area contributed by atoms with Crippen molar-refractivity contribution in [2.45, 2.75) is 78.9 Å². The number of esters is 2. The molecule has 0 saturated carbocycles. The minimum atomic E-state index is -0.364. The molecule has 4 heteroatoms. The van der Waals surface area contributed by atoms with Crippen LogP contribution in [0.2, 0.25) is 0 Å². The maximum absolute atomic E-state index is 11.6. The highest BCUT2D eigenvalue weighted by atomic mass is 16.5. The first-order valence-corrected chi connectivity index (χ1v) is 7.92. The fraction of sp³-hybridized carbons (Fsp3) is 0.765. The summed E-state index contributed by atoms with van der Waals surface area (Å²) >= 11 is 0. The van der Waals surface area contributed by atoms with Gasteiger partial charge in [0.1, 0.15) is 12.2 Å². The minimum Gasteiger partial charge on any atom is -0.462 e. The lowest BCUT2D eigenvalue weighted by Crippen LogP contribution is -2.21. The Hall–Kier alpha value is -1.32. The molecule has 0 saturated heterocycles. The summed E-state index contributed by atoms with van der Waals surface area (Å²) in [6.45, 7) is 9.78. The lowest BCUT2D eigenvalue weighted by molar-refractivity contribution is -0.155. The second kappa shape index (κ2) is 11.4. The van der Waals surface area contributed by atoms with Gasteiger partial charge in [-0.15, -0.1) is 0 Å². The van der Waals surface area contributed by atoms with Crippen LogP contribution in [0.25, 0.3) is 0 Å². The van der Waals surface area contributed by atoms with Gasteiger partial charge >= 0.3 is 11.9 Å². The summed E-state index contributed by atoms with van der Waals surface area (Å²) in [4.78, 5) is 23.2. The lowest BCUT2D eigenvalue weighted by Gasteiger charge is -2.16. The maximum atomic E-state index is 11.6. The SMILES string of the molecule is CCCC/C=C/C(C)OC(=O)CCC(=O)OC(C)C(C)C. The predicted octanol–water partition coefficient (Wildman–Crippen LogP) is 4.03. The van der Waals surface area contributed by atoms with E-state index in [4.69, 9.17) is 9.47 Å². The van der Waals surface area contributed by atoms with Crippen molar-refractivity contribution in [3.05, 3.63) is 12.2 Å². The van der Waals surface area contributed by atoms with Crippen LogP contribution < -0.4 is 0 Å². The number of hydrogen-bond acceptors (Lipinski definition) is 4. The molecule has 0 aromatic rings. The molecule has 4 nitrogen and oxygen atoms in total. The van der Waals surface area contributed by atoms with Gasteiger partial charge in [-0.2, -0.15) is 0 Å². The summed E-state index contributed by atoms with van der Waals surface area (Å²) in [5.41, 5.74) is 0. The summed E-state index contributed by atoms with van der Waals surface area (Å²) in [7, 11) is 0. The monoisotopic (exact) mass is 298 g/mol. The molecule has 0 N–H and O–H groups in total. The van der Waals surface area contributed by atoms with E-state index in [0.717, 1.165) is 19.3 Å². The molecule has 0 aliphatic heterocycles. The average Bonchev–Trinajstić information content (AvgIpc) is 2.41. The highest BCUT2D eigenvalue weighted by Gasteiger charge is 2.15. The molecule has 0 aliphatic rings. The Bertz CT molecular complexity index is 334. The molecule has 0 aromatic carbocycles. The van der Waals surface area contributed by atoms with Crippen LogP contribution in [0.15, 0.2) is 12.2 Å². The van der Waals surface area contributed by atoms with Crippen molar-refractivity contribution in [1.82, 2.24) is 0 Å². The zero-order valence-electron chi connectivity index (χ0n) is 14.1. The third-order valence-electron chi connectivity index (χ3n) is 3.24. The van der Waals surface area contributed by atoms with Gasteiger partial charge in [-0.1, -0.05) is 39.7 Å². The molecule has 2 atom stereocenters. The first-order valence-electron chi connectivity index (χ1n) is 7.92. The Morgan fingerprint density at radius 2 is 1.57 bits per heavy atom. The van der Waals surface area contributed by atoms with Crippen LogP contribution in [0.4, 0.5) is 0 Å². The zero-order valence-corrected chi connectivity index (χ0v) is 14.1. The van der Waals surface area contributed by atoms with Gasteiger partial charge in [0, 0.05) is 0 Å². The highest BCUT2D eigenvalue weighted by molar-refractivity contribution is 5.77. The molecule has 0 aromatic heterocycles. The number of carbonyl (C=O) groups excluding carboxylic acids is 2. The van der Waals surface area contributed by atoms with E-state index in [9.17, 15) is 9.59 Å². The molecular formula is C17H30O4. The molecule has 0 spiro atoms. The molecule has 0 fully saturated rings. The summed E-state index contributed by atoms with van der Waals surface area (Å²) in [6.07, 6.45) is 6.95. The fourth-order valence-corrected chi connectivity index (χ4v) is 1.52. The minimum absolute atomic E-state index is 0.0663. The molecule has 0 rings (SSSR count). The smallest absolute Gasteiger partial charge is 0.306 e. The maximum Gasteiger partial charge on any atom is 0.306 e. The first kappa shape index (κ1) is 19.7. The Balaban J connectivity index is 3.88. The van der Waals surface area contributed by atoms with Gasteiger partial charge in [0.2, 0.25) is 0 Å². The van der Waals surface area contributed by atoms with Crippen LogP contribution in [0.5, 0.6) is 0 Å². The van der Waals surface area contributed by atoms with Crippen molar-refractivity contribution < 1.29 is 19.1 Å². The van der Waals surface area contributed by atoms with Crippen molar-refractivity contribution in [3.63, 3.8) is 0 Å². The number of ether oxygens (including phenoxy) is 2. The van der Waals surface area contributed by atoms with Gasteiger partial charge < -0.3 is 9.47 Å². The summed E-state index contributed by atoms with van der Waals surface area (Å²) in [6, 6.07) is 0. The van der Waals surface area contributed by atoms with Crippen molar-refractivity contribution in [1.29, 1.82) is 0 Å². The number of allylic oxidation sites excluding steroid dienone is 1. The predicted molar refractivity (Wildman–Crippen MR) is 83.8 cm³/mol. The highest BCUT2D eigenvalue weighted by Crippen LogP contribution is 2.08. The van der Waals surface area contributed by atoms with Gasteiger partial charge in [-0.25, -0.2) is 0 Å². The second-order valence-corrected chi connectivity index (χ2v) is 5.70. The molecule has 21 heavy (non-hydrogen) atoms. The average molecular weight is 298 g/mol. The van der Waals surface area contributed by atoms with E-state index < -0.39 is 0 Å². The van der Waals surface area contributed by atoms with E-state index in [0.29, 0.717) is 0 Å². The zero-order chi connectivity index (χ0) is 16.3. The van der Waals surface area contributed by atoms with Crippen molar-refractivity contribution in [3.8, 4) is 0 Å². The van der Waals surface area contributed by atoms with Crippen LogP contribution in [-0.4, -0.2) is 24.1 Å². The second-order valence-electron chi connectivity index (χ2n) is 5.70. The van der Waals surface area contributed by atoms with E-state index in [1.165, 1.54) is 0 Å². The Labute approximate surface area is 128 Å². The van der Waals surface area contributed by atoms with Gasteiger partial charge in [0.25, 0.3) is 0 Å². The van der Waals surface area contributed by atoms with Crippen molar-refractivity contribution >= 4 is 11.9 Å². The molecule has 0 heterocycles. The van der Waals surface area contributed by atoms with Crippen LogP contribution in [0, 0.1) is 5.92 Å². The third-order valence-corrected chi connectivity index (χ3v) is 3.24. The van der Waals surface area contributed by atoms with Gasteiger partial charge in [0.05, 0.1) is 12.8 Å². The fourth-order valence-electron chi connectivity index (χ4n) is 1.52. The van der Waals surface area contributed by atoms with Gasteiger partial charge in [-0.3, -0.25) is 9.59 Å². The molecular weight excluding hydrogens is 268 g/mol. The number of carbonyl (C=O) groups is 2. The van der Waals surface area contributed by atoms with E-state index in [1.807, 2.05) is 39.8 Å². The third kappa shape index (κ3) is 11.1. The quantitative estimate of drug-likeness (QED) is 0.347. The number of unbranched alkanes of at least 4 members (excludes halogenated alkanes) is 2. The molecule has 0 bridgehead atoms. The number of hydrogen-bond donors (Lipinski definition) is 0. The molecule has 0 radical (unpaired) electrons. The topological polar surface area (TPSA) is 52.6 Å². The molecule has 122 valence electrons. The number of rotatable bonds is 10. The van der Waals surface area contributed by atoms with Crippen LogP contribution >= 0.6 is 0 Å². The molecule has 0 amide bonds. The van der Waals surface area contributed by atoms with E-state index in [2.05, 4.69) is 6.92 Å². The first-order chi connectivity index (χ1) is 9.86. The Kier molecular flexibility index (Phi) is 10.6. The summed E-state index contributed by atoms with van der Waals surface area (Å²) in [5.74, 6) is -0.440. The largest absolute Gasteiger partial charge is 0.462 e. The van der Waals surface area contributed by atoms with E-state index in [-0.39, 0.29) is 42.9 Å². The molecule has 0 aliphatic carbocycles. The Morgan fingerprint density at radius 3 is 2.10 bits per heavy atom. The van der Waals surface area contributed by atoms with E-state index in [1.54, 1.807) is 0 Å². The van der Waals surface area contributed by atoms with Crippen molar-refractivity contribution in [2.75, 3.05) is 0 Å². The van der Waals surface area contributed by atoms with Crippen LogP contribution in [0.1, 0.15) is 66.7 Å². The van der Waals surface area contributed by atoms with Gasteiger partial charge in [0.15, 0.2) is 0 Å². The van der Waals surface area contributed by atoms with Crippen molar-refractivity contribution in [2.24, 2.45) is 5.92 Å².